The van der Waals surface area contributed by atoms with Crippen LogP contribution >= 0.6 is 15.9 Å². The van der Waals surface area contributed by atoms with E-state index in [1.54, 1.807) is 11.0 Å². The monoisotopic (exact) mass is 457 g/mol. The fourth-order valence-corrected chi connectivity index (χ4v) is 4.87. The van der Waals surface area contributed by atoms with E-state index in [1.807, 2.05) is 38.1 Å². The number of amides is 1. The summed E-state index contributed by atoms with van der Waals surface area (Å²) in [6.07, 6.45) is 3.30. The van der Waals surface area contributed by atoms with Crippen molar-refractivity contribution in [1.82, 2.24) is 4.90 Å². The van der Waals surface area contributed by atoms with Gasteiger partial charge in [-0.25, -0.2) is 13.2 Å². The highest BCUT2D eigenvalue weighted by atomic mass is 79.9. The van der Waals surface area contributed by atoms with Gasteiger partial charge in [0.2, 0.25) is 0 Å². The Balaban J connectivity index is 1.92. The van der Waals surface area contributed by atoms with Crippen LogP contribution in [0.25, 0.3) is 6.08 Å². The summed E-state index contributed by atoms with van der Waals surface area (Å²) in [6, 6.07) is 7.04. The minimum atomic E-state index is -3.10. The molecule has 0 aromatic heterocycles. The third kappa shape index (κ3) is 7.10. The minimum Gasteiger partial charge on any atom is -0.452 e. The van der Waals surface area contributed by atoms with Crippen LogP contribution in [-0.2, 0) is 24.2 Å². The number of rotatable bonds is 7. The molecule has 0 bridgehead atoms. The van der Waals surface area contributed by atoms with Gasteiger partial charge in [0.1, 0.15) is 0 Å². The van der Waals surface area contributed by atoms with E-state index in [-0.39, 0.29) is 29.4 Å². The number of ether oxygens (including phenoxy) is 1. The van der Waals surface area contributed by atoms with Crippen LogP contribution in [0.5, 0.6) is 0 Å². The van der Waals surface area contributed by atoms with Crippen molar-refractivity contribution in [2.45, 2.75) is 26.3 Å². The lowest BCUT2D eigenvalue weighted by molar-refractivity contribution is -0.149. The van der Waals surface area contributed by atoms with Gasteiger partial charge < -0.3 is 9.64 Å². The quantitative estimate of drug-likeness (QED) is 0.464. The van der Waals surface area contributed by atoms with Gasteiger partial charge in [-0.05, 0) is 36.1 Å². The maximum Gasteiger partial charge on any atom is 0.331 e. The van der Waals surface area contributed by atoms with Gasteiger partial charge in [-0.15, -0.1) is 0 Å². The van der Waals surface area contributed by atoms with E-state index < -0.39 is 22.4 Å². The van der Waals surface area contributed by atoms with Crippen molar-refractivity contribution in [3.63, 3.8) is 0 Å². The summed E-state index contributed by atoms with van der Waals surface area (Å²) in [5.41, 5.74) is 0.832. The molecule has 2 rings (SSSR count). The molecule has 1 aromatic carbocycles. The van der Waals surface area contributed by atoms with E-state index in [0.717, 1.165) is 10.0 Å². The highest BCUT2D eigenvalue weighted by Gasteiger charge is 2.35. The Morgan fingerprint density at radius 2 is 1.96 bits per heavy atom. The van der Waals surface area contributed by atoms with Crippen LogP contribution in [0, 0.1) is 5.92 Å². The molecular formula is C19H24BrNO5S. The predicted molar refractivity (Wildman–Crippen MR) is 108 cm³/mol. The SMILES string of the molecule is CC(C)CN(C(=O)COC(=O)/C=C/c1ccc(Br)cc1)C1CCS(=O)(=O)C1. The molecule has 1 fully saturated rings. The molecule has 0 saturated carbocycles. The Kier molecular flexibility index (Phi) is 7.61. The number of carbonyl (C=O) groups is 2. The van der Waals surface area contributed by atoms with Crippen LogP contribution < -0.4 is 0 Å². The van der Waals surface area contributed by atoms with Gasteiger partial charge in [0.25, 0.3) is 5.91 Å². The summed E-state index contributed by atoms with van der Waals surface area (Å²) >= 11 is 3.34. The normalized spacial score (nSPS) is 18.7. The first-order chi connectivity index (χ1) is 12.7. The van der Waals surface area contributed by atoms with Crippen LogP contribution in [-0.4, -0.2) is 55.9 Å². The van der Waals surface area contributed by atoms with Gasteiger partial charge in [0.15, 0.2) is 16.4 Å². The average molecular weight is 458 g/mol. The first kappa shape index (κ1) is 21.6. The average Bonchev–Trinajstić information content (AvgIpc) is 2.96. The second-order valence-electron chi connectivity index (χ2n) is 6.99. The summed E-state index contributed by atoms with van der Waals surface area (Å²) in [5.74, 6) is -0.728. The van der Waals surface area contributed by atoms with Crippen LogP contribution in [0.4, 0.5) is 0 Å². The Labute approximate surface area is 168 Å². The van der Waals surface area contributed by atoms with Crippen LogP contribution in [0.3, 0.4) is 0 Å². The molecule has 148 valence electrons. The minimum absolute atomic E-state index is 0.0249. The molecule has 27 heavy (non-hydrogen) atoms. The van der Waals surface area contributed by atoms with E-state index in [4.69, 9.17) is 4.74 Å². The first-order valence-corrected chi connectivity index (χ1v) is 11.4. The number of carbonyl (C=O) groups excluding carboxylic acids is 2. The highest BCUT2D eigenvalue weighted by molar-refractivity contribution is 9.10. The van der Waals surface area contributed by atoms with E-state index in [1.165, 1.54) is 6.08 Å². The standard InChI is InChI=1S/C19H24BrNO5S/c1-14(2)11-21(17-9-10-27(24,25)13-17)18(22)12-26-19(23)8-5-15-3-6-16(20)7-4-15/h3-8,14,17H,9-13H2,1-2H3/b8-5+. The van der Waals surface area contributed by atoms with Crippen molar-refractivity contribution in [3.05, 3.63) is 40.4 Å². The van der Waals surface area contributed by atoms with E-state index in [9.17, 15) is 18.0 Å². The number of sulfone groups is 1. The molecule has 0 N–H and O–H groups in total. The zero-order chi connectivity index (χ0) is 20.0. The maximum atomic E-state index is 12.5. The third-order valence-electron chi connectivity index (χ3n) is 4.15. The summed E-state index contributed by atoms with van der Waals surface area (Å²) in [4.78, 5) is 25.9. The van der Waals surface area contributed by atoms with Gasteiger partial charge in [0.05, 0.1) is 11.5 Å². The summed E-state index contributed by atoms with van der Waals surface area (Å²) in [7, 11) is -3.10. The molecule has 0 aliphatic carbocycles. The van der Waals surface area contributed by atoms with E-state index in [2.05, 4.69) is 15.9 Å². The number of hydrogen-bond donors (Lipinski definition) is 0. The third-order valence-corrected chi connectivity index (χ3v) is 6.43. The van der Waals surface area contributed by atoms with Crippen molar-refractivity contribution in [2.75, 3.05) is 24.7 Å². The molecule has 1 heterocycles. The zero-order valence-electron chi connectivity index (χ0n) is 15.4. The zero-order valence-corrected chi connectivity index (χ0v) is 17.8. The van der Waals surface area contributed by atoms with Crippen molar-refractivity contribution in [3.8, 4) is 0 Å². The fraction of sp³-hybridized carbons (Fsp3) is 0.474. The molecule has 1 amide bonds. The topological polar surface area (TPSA) is 80.8 Å². The maximum absolute atomic E-state index is 12.5. The Hall–Kier alpha value is -1.67. The lowest BCUT2D eigenvalue weighted by Gasteiger charge is -2.29. The van der Waals surface area contributed by atoms with E-state index >= 15 is 0 Å². The van der Waals surface area contributed by atoms with Gasteiger partial charge >= 0.3 is 5.97 Å². The fourth-order valence-electron chi connectivity index (χ4n) is 2.87. The lowest BCUT2D eigenvalue weighted by atomic mass is 10.1. The van der Waals surface area contributed by atoms with Crippen molar-refractivity contribution in [2.24, 2.45) is 5.92 Å². The number of nitrogens with zero attached hydrogens (tertiary/aromatic N) is 1. The summed E-state index contributed by atoms with van der Waals surface area (Å²) in [6.45, 7) is 3.95. The largest absolute Gasteiger partial charge is 0.452 e. The second kappa shape index (κ2) is 9.50. The summed E-state index contributed by atoms with van der Waals surface area (Å²) < 4.78 is 29.4. The van der Waals surface area contributed by atoms with Crippen LogP contribution in [0.15, 0.2) is 34.8 Å². The Morgan fingerprint density at radius 3 is 2.52 bits per heavy atom. The van der Waals surface area contributed by atoms with Crippen molar-refractivity contribution < 1.29 is 22.7 Å². The predicted octanol–water partition coefficient (Wildman–Crippen LogP) is 2.68. The molecule has 0 radical (unpaired) electrons. The van der Waals surface area contributed by atoms with Crippen molar-refractivity contribution >= 4 is 43.7 Å². The first-order valence-electron chi connectivity index (χ1n) is 8.76. The molecule has 8 heteroatoms. The van der Waals surface area contributed by atoms with Crippen LogP contribution in [0.2, 0.25) is 0 Å². The van der Waals surface area contributed by atoms with Gasteiger partial charge in [-0.1, -0.05) is 41.9 Å². The number of esters is 1. The van der Waals surface area contributed by atoms with Crippen LogP contribution in [0.1, 0.15) is 25.8 Å². The molecule has 1 aromatic rings. The Morgan fingerprint density at radius 1 is 1.30 bits per heavy atom. The molecule has 1 aliphatic rings. The highest BCUT2D eigenvalue weighted by Crippen LogP contribution is 2.19. The molecule has 6 nitrogen and oxygen atoms in total. The molecule has 1 atom stereocenters. The van der Waals surface area contributed by atoms with Crippen molar-refractivity contribution in [1.29, 1.82) is 0 Å². The van der Waals surface area contributed by atoms with Gasteiger partial charge in [-0.3, -0.25) is 4.79 Å². The number of hydrogen-bond acceptors (Lipinski definition) is 5. The smallest absolute Gasteiger partial charge is 0.331 e. The van der Waals surface area contributed by atoms with E-state index in [0.29, 0.717) is 13.0 Å². The second-order valence-corrected chi connectivity index (χ2v) is 10.1. The summed E-state index contributed by atoms with van der Waals surface area (Å²) in [5, 5.41) is 0. The number of halogens is 1. The molecule has 1 saturated heterocycles. The molecular weight excluding hydrogens is 434 g/mol. The molecule has 0 spiro atoms. The Bertz CT molecular complexity index is 802. The van der Waals surface area contributed by atoms with Gasteiger partial charge in [0, 0.05) is 23.1 Å². The molecule has 1 aliphatic heterocycles. The number of benzene rings is 1. The van der Waals surface area contributed by atoms with Gasteiger partial charge in [-0.2, -0.15) is 0 Å². The molecule has 1 unspecified atom stereocenters. The lowest BCUT2D eigenvalue weighted by Crippen LogP contribution is -2.45.